The predicted molar refractivity (Wildman–Crippen MR) is 134 cm³/mol. The van der Waals surface area contributed by atoms with E-state index >= 15 is 0 Å². The van der Waals surface area contributed by atoms with Crippen molar-refractivity contribution >= 4 is 17.9 Å². The molecule has 3 aromatic rings. The van der Waals surface area contributed by atoms with Gasteiger partial charge in [0.05, 0.1) is 19.2 Å². The van der Waals surface area contributed by atoms with Gasteiger partial charge in [0.1, 0.15) is 11.4 Å². The first kappa shape index (κ1) is 25.0. The summed E-state index contributed by atoms with van der Waals surface area (Å²) in [6.07, 6.45) is 1.23. The zero-order chi connectivity index (χ0) is 25.0. The summed E-state index contributed by atoms with van der Waals surface area (Å²) >= 11 is 0. The second kappa shape index (κ2) is 10.1. The molecule has 0 fully saturated rings. The number of methoxy groups -OCH3 is 1. The minimum absolute atomic E-state index is 0.313. The molecule has 0 aliphatic carbocycles. The van der Waals surface area contributed by atoms with E-state index in [0.29, 0.717) is 17.9 Å². The highest BCUT2D eigenvalue weighted by molar-refractivity contribution is 5.90. The van der Waals surface area contributed by atoms with Crippen LogP contribution in [0.25, 0.3) is 11.1 Å². The van der Waals surface area contributed by atoms with Crippen LogP contribution in [0, 0.1) is 20.8 Å². The first-order valence-corrected chi connectivity index (χ1v) is 11.2. The highest BCUT2D eigenvalue weighted by atomic mass is 16.6. The average Bonchev–Trinajstić information content (AvgIpc) is 2.79. The van der Waals surface area contributed by atoms with Gasteiger partial charge in [0.25, 0.3) is 0 Å². The highest BCUT2D eigenvalue weighted by Crippen LogP contribution is 2.29. The Labute approximate surface area is 201 Å². The molecule has 3 rings (SSSR count). The number of nitrogens with zero attached hydrogens (tertiary/aromatic N) is 2. The van der Waals surface area contributed by atoms with E-state index in [4.69, 9.17) is 9.47 Å². The van der Waals surface area contributed by atoms with Gasteiger partial charge in [-0.2, -0.15) is 0 Å². The van der Waals surface area contributed by atoms with Crippen molar-refractivity contribution in [2.45, 2.75) is 53.7 Å². The maximum atomic E-state index is 13.2. The second-order valence-corrected chi connectivity index (χ2v) is 9.36. The average molecular weight is 461 g/mol. The van der Waals surface area contributed by atoms with Crippen LogP contribution in [0.5, 0.6) is 0 Å². The molecule has 0 radical (unpaired) electrons. The lowest BCUT2D eigenvalue weighted by molar-refractivity contribution is 0.0572. The van der Waals surface area contributed by atoms with Gasteiger partial charge in [0.2, 0.25) is 0 Å². The molecule has 6 nitrogen and oxygen atoms in total. The molecule has 0 N–H and O–H groups in total. The summed E-state index contributed by atoms with van der Waals surface area (Å²) < 4.78 is 10.5. The van der Waals surface area contributed by atoms with E-state index in [1.54, 1.807) is 23.2 Å². The Hall–Kier alpha value is -3.67. The summed E-state index contributed by atoms with van der Waals surface area (Å²) in [5, 5.41) is 0. The lowest BCUT2D eigenvalue weighted by atomic mass is 9.95. The summed E-state index contributed by atoms with van der Waals surface area (Å²) in [6.45, 7) is 11.9. The van der Waals surface area contributed by atoms with Crippen LogP contribution in [0.4, 0.5) is 10.6 Å². The Morgan fingerprint density at radius 3 is 2.21 bits per heavy atom. The SMILES string of the molecule is COC(=O)c1ccc(-c2cc(C)c(C)c(CN(C(=O)OC(C)(C)C)c3ncccc3C)c2)cc1. The van der Waals surface area contributed by atoms with E-state index in [1.807, 2.05) is 58.9 Å². The fourth-order valence-corrected chi connectivity index (χ4v) is 3.65. The molecule has 1 heterocycles. The third-order valence-corrected chi connectivity index (χ3v) is 5.59. The largest absolute Gasteiger partial charge is 0.465 e. The smallest absolute Gasteiger partial charge is 0.416 e. The van der Waals surface area contributed by atoms with Gasteiger partial charge in [-0.1, -0.05) is 24.3 Å². The molecule has 0 spiro atoms. The first-order valence-electron chi connectivity index (χ1n) is 11.2. The van der Waals surface area contributed by atoms with Gasteiger partial charge in [0, 0.05) is 6.20 Å². The van der Waals surface area contributed by atoms with Gasteiger partial charge < -0.3 is 9.47 Å². The fourth-order valence-electron chi connectivity index (χ4n) is 3.65. The van der Waals surface area contributed by atoms with Crippen LogP contribution >= 0.6 is 0 Å². The van der Waals surface area contributed by atoms with E-state index in [1.165, 1.54) is 7.11 Å². The predicted octanol–water partition coefficient (Wildman–Crippen LogP) is 6.40. The number of ether oxygens (including phenoxy) is 2. The molecule has 1 amide bonds. The Morgan fingerprint density at radius 1 is 0.941 bits per heavy atom. The molecule has 34 heavy (non-hydrogen) atoms. The van der Waals surface area contributed by atoms with Crippen molar-refractivity contribution in [2.24, 2.45) is 0 Å². The number of aromatic nitrogens is 1. The Morgan fingerprint density at radius 2 is 1.62 bits per heavy atom. The van der Waals surface area contributed by atoms with Gasteiger partial charge in [-0.25, -0.2) is 14.6 Å². The van der Waals surface area contributed by atoms with Crippen LogP contribution in [-0.2, 0) is 16.0 Å². The summed E-state index contributed by atoms with van der Waals surface area (Å²) in [4.78, 5) is 31.1. The van der Waals surface area contributed by atoms with Crippen molar-refractivity contribution in [1.29, 1.82) is 0 Å². The van der Waals surface area contributed by atoms with Crippen LogP contribution in [0.1, 0.15) is 53.4 Å². The monoisotopic (exact) mass is 460 g/mol. The van der Waals surface area contributed by atoms with Crippen LogP contribution < -0.4 is 4.90 Å². The van der Waals surface area contributed by atoms with E-state index in [9.17, 15) is 9.59 Å². The van der Waals surface area contributed by atoms with Crippen molar-refractivity contribution in [3.63, 3.8) is 0 Å². The third kappa shape index (κ3) is 5.81. The van der Waals surface area contributed by atoms with Crippen molar-refractivity contribution in [3.05, 3.63) is 82.5 Å². The van der Waals surface area contributed by atoms with Crippen LogP contribution in [-0.4, -0.2) is 29.8 Å². The lowest BCUT2D eigenvalue weighted by Crippen LogP contribution is -2.37. The van der Waals surface area contributed by atoms with Gasteiger partial charge in [-0.3, -0.25) is 4.90 Å². The van der Waals surface area contributed by atoms with Gasteiger partial charge >= 0.3 is 12.1 Å². The number of rotatable bonds is 5. The number of hydrogen-bond acceptors (Lipinski definition) is 5. The fraction of sp³-hybridized carbons (Fsp3) is 0.321. The number of aryl methyl sites for hydroxylation is 2. The molecule has 0 aliphatic heterocycles. The number of carbonyl (C=O) groups excluding carboxylic acids is 2. The Bertz CT molecular complexity index is 1190. The summed E-state index contributed by atoms with van der Waals surface area (Å²) in [6, 6.07) is 15.3. The molecule has 6 heteroatoms. The quantitative estimate of drug-likeness (QED) is 0.412. The summed E-state index contributed by atoms with van der Waals surface area (Å²) in [5.74, 6) is 0.202. The Balaban J connectivity index is 2.02. The van der Waals surface area contributed by atoms with E-state index in [2.05, 4.69) is 24.0 Å². The molecule has 0 saturated carbocycles. The normalized spacial score (nSPS) is 11.1. The second-order valence-electron chi connectivity index (χ2n) is 9.36. The van der Waals surface area contributed by atoms with E-state index in [-0.39, 0.29) is 5.97 Å². The molecule has 1 aromatic heterocycles. The van der Waals surface area contributed by atoms with Crippen molar-refractivity contribution < 1.29 is 19.1 Å². The van der Waals surface area contributed by atoms with Crippen molar-refractivity contribution in [1.82, 2.24) is 4.98 Å². The standard InChI is InChI=1S/C28H32N2O4/c1-18-9-8-14-29-25(18)30(27(32)34-28(4,5)6)17-24-16-23(15-19(2)20(24)3)21-10-12-22(13-11-21)26(31)33-7/h8-16H,17H2,1-7H3. The van der Waals surface area contributed by atoms with Crippen molar-refractivity contribution in [3.8, 4) is 11.1 Å². The number of benzene rings is 2. The molecule has 0 atom stereocenters. The van der Waals surface area contributed by atoms with Crippen molar-refractivity contribution in [2.75, 3.05) is 12.0 Å². The molecule has 0 bridgehead atoms. The molecule has 0 saturated heterocycles. The van der Waals surface area contributed by atoms with Gasteiger partial charge in [-0.15, -0.1) is 0 Å². The van der Waals surface area contributed by atoms with E-state index < -0.39 is 11.7 Å². The maximum absolute atomic E-state index is 13.2. The molecule has 2 aromatic carbocycles. The number of amides is 1. The molecular weight excluding hydrogens is 428 g/mol. The number of carbonyl (C=O) groups is 2. The van der Waals surface area contributed by atoms with E-state index in [0.717, 1.165) is 33.4 Å². The number of pyridine rings is 1. The van der Waals surface area contributed by atoms with Crippen LogP contribution in [0.3, 0.4) is 0 Å². The third-order valence-electron chi connectivity index (χ3n) is 5.59. The van der Waals surface area contributed by atoms with Crippen LogP contribution in [0.2, 0.25) is 0 Å². The van der Waals surface area contributed by atoms with Gasteiger partial charge in [-0.05, 0) is 99.2 Å². The highest BCUT2D eigenvalue weighted by Gasteiger charge is 2.26. The zero-order valence-corrected chi connectivity index (χ0v) is 20.9. The van der Waals surface area contributed by atoms with Crippen LogP contribution in [0.15, 0.2) is 54.7 Å². The zero-order valence-electron chi connectivity index (χ0n) is 20.9. The number of anilines is 1. The van der Waals surface area contributed by atoms with Gasteiger partial charge in [0.15, 0.2) is 0 Å². The number of esters is 1. The maximum Gasteiger partial charge on any atom is 0.416 e. The minimum atomic E-state index is -0.633. The lowest BCUT2D eigenvalue weighted by Gasteiger charge is -2.28. The summed E-state index contributed by atoms with van der Waals surface area (Å²) in [5.41, 5.74) is 5.90. The molecule has 178 valence electrons. The molecule has 0 aliphatic rings. The summed E-state index contributed by atoms with van der Waals surface area (Å²) in [7, 11) is 1.37. The Kier molecular flexibility index (Phi) is 7.40. The minimum Gasteiger partial charge on any atom is -0.465 e. The molecule has 0 unspecified atom stereocenters. The topological polar surface area (TPSA) is 68.7 Å². The molecular formula is C28H32N2O4. The first-order chi connectivity index (χ1) is 16.0. The number of hydrogen-bond donors (Lipinski definition) is 0.